The topological polar surface area (TPSA) is 19.0 Å². The van der Waals surface area contributed by atoms with Crippen molar-refractivity contribution in [3.8, 4) is 0 Å². The number of aromatic amines is 1. The van der Waals surface area contributed by atoms with Gasteiger partial charge in [0.2, 0.25) is 0 Å². The van der Waals surface area contributed by atoms with Crippen LogP contribution in [0.3, 0.4) is 0 Å². The maximum atomic E-state index is 4.21. The smallest absolute Gasteiger partial charge is 0.0948 e. The molecule has 0 aliphatic carbocycles. The summed E-state index contributed by atoms with van der Waals surface area (Å²) in [6, 6.07) is 24.3. The molecule has 30 heavy (non-hydrogen) atoms. The molecule has 150 valence electrons. The molecule has 0 radical (unpaired) electrons. The number of aryl methyl sites for hydroxylation is 3. The van der Waals surface area contributed by atoms with Crippen LogP contribution in [0.1, 0.15) is 45.5 Å². The van der Waals surface area contributed by atoms with E-state index < -0.39 is 0 Å². The van der Waals surface area contributed by atoms with E-state index in [4.69, 9.17) is 0 Å². The van der Waals surface area contributed by atoms with Gasteiger partial charge in [0, 0.05) is 34.7 Å². The number of nitrogens with one attached hydrogen (secondary N) is 1. The molecule has 5 rings (SSSR count). The predicted molar refractivity (Wildman–Crippen MR) is 128 cm³/mol. The highest BCUT2D eigenvalue weighted by Crippen LogP contribution is 2.46. The third-order valence-electron chi connectivity index (χ3n) is 6.45. The Bertz CT molecular complexity index is 1210. The van der Waals surface area contributed by atoms with Crippen molar-refractivity contribution in [2.24, 2.45) is 0 Å². The van der Waals surface area contributed by atoms with Crippen LogP contribution in [-0.2, 0) is 0 Å². The van der Waals surface area contributed by atoms with E-state index in [9.17, 15) is 0 Å². The van der Waals surface area contributed by atoms with E-state index in [1.807, 2.05) is 0 Å². The van der Waals surface area contributed by atoms with Gasteiger partial charge >= 0.3 is 0 Å². The molecular formula is C28H28N2. The highest BCUT2D eigenvalue weighted by atomic mass is 15.2. The van der Waals surface area contributed by atoms with Crippen molar-refractivity contribution in [3.63, 3.8) is 0 Å². The third-order valence-corrected chi connectivity index (χ3v) is 6.45. The van der Waals surface area contributed by atoms with E-state index in [0.717, 1.165) is 6.54 Å². The zero-order chi connectivity index (χ0) is 20.8. The van der Waals surface area contributed by atoms with Crippen LogP contribution < -0.4 is 4.90 Å². The van der Waals surface area contributed by atoms with Gasteiger partial charge in [-0.3, -0.25) is 0 Å². The second-order valence-electron chi connectivity index (χ2n) is 8.55. The molecule has 2 nitrogen and oxygen atoms in total. The quantitative estimate of drug-likeness (QED) is 0.373. The molecule has 0 unspecified atom stereocenters. The Morgan fingerprint density at radius 3 is 2.30 bits per heavy atom. The second kappa shape index (κ2) is 7.21. The number of hydrogen-bond donors (Lipinski definition) is 1. The average molecular weight is 393 g/mol. The molecule has 2 heterocycles. The van der Waals surface area contributed by atoms with E-state index >= 15 is 0 Å². The number of benzene rings is 3. The molecule has 3 aromatic carbocycles. The molecule has 0 saturated carbocycles. The molecule has 1 N–H and O–H groups in total. The summed E-state index contributed by atoms with van der Waals surface area (Å²) < 4.78 is 0. The molecule has 1 aliphatic rings. The van der Waals surface area contributed by atoms with Crippen LogP contribution in [0, 0.1) is 20.8 Å². The first-order chi connectivity index (χ1) is 14.6. The van der Waals surface area contributed by atoms with Gasteiger partial charge < -0.3 is 9.88 Å². The van der Waals surface area contributed by atoms with Gasteiger partial charge in [-0.15, -0.1) is 6.58 Å². The normalized spacial score (nSPS) is 18.4. The van der Waals surface area contributed by atoms with Gasteiger partial charge in [0.1, 0.15) is 0 Å². The first-order valence-corrected chi connectivity index (χ1v) is 10.7. The van der Waals surface area contributed by atoms with Crippen molar-refractivity contribution in [2.75, 3.05) is 11.4 Å². The lowest BCUT2D eigenvalue weighted by atomic mass is 9.84. The Labute approximate surface area is 178 Å². The molecule has 2 atom stereocenters. The number of H-pyrrole nitrogens is 1. The van der Waals surface area contributed by atoms with Gasteiger partial charge in [-0.05, 0) is 49.1 Å². The Morgan fingerprint density at radius 1 is 0.933 bits per heavy atom. The Hall–Kier alpha value is -3.26. The lowest BCUT2D eigenvalue weighted by molar-refractivity contribution is 0.607. The number of para-hydroxylation sites is 1. The first kappa shape index (κ1) is 18.7. The number of hydrogen-bond acceptors (Lipinski definition) is 1. The van der Waals surface area contributed by atoms with E-state index in [1.54, 1.807) is 0 Å². The summed E-state index contributed by atoms with van der Waals surface area (Å²) in [6.07, 6.45) is 2.12. The van der Waals surface area contributed by atoms with Crippen molar-refractivity contribution in [1.82, 2.24) is 4.98 Å². The Morgan fingerprint density at radius 2 is 1.60 bits per heavy atom. The summed E-state index contributed by atoms with van der Waals surface area (Å²) in [5.74, 6) is 0.274. The predicted octanol–water partition coefficient (Wildman–Crippen LogP) is 6.97. The van der Waals surface area contributed by atoms with Crippen LogP contribution in [0.2, 0.25) is 0 Å². The molecular weight excluding hydrogens is 364 g/mol. The summed E-state index contributed by atoms with van der Waals surface area (Å²) in [5, 5.41) is 1.32. The molecule has 1 aliphatic heterocycles. The lowest BCUT2D eigenvalue weighted by Gasteiger charge is -2.42. The van der Waals surface area contributed by atoms with E-state index in [1.165, 1.54) is 50.1 Å². The number of nitrogens with zero attached hydrogens (tertiary/aromatic N) is 1. The van der Waals surface area contributed by atoms with E-state index in [2.05, 4.69) is 110 Å². The van der Waals surface area contributed by atoms with Crippen molar-refractivity contribution >= 4 is 16.6 Å². The molecule has 2 heteroatoms. The van der Waals surface area contributed by atoms with Gasteiger partial charge in [-0.25, -0.2) is 0 Å². The maximum Gasteiger partial charge on any atom is 0.0948 e. The van der Waals surface area contributed by atoms with Crippen molar-refractivity contribution < 1.29 is 0 Å². The Balaban J connectivity index is 1.80. The molecule has 0 amide bonds. The zero-order valence-electron chi connectivity index (χ0n) is 17.9. The number of aromatic nitrogens is 1. The minimum absolute atomic E-state index is 0.143. The van der Waals surface area contributed by atoms with Crippen LogP contribution in [-0.4, -0.2) is 11.5 Å². The number of fused-ring (bicyclic) bond motifs is 3. The zero-order valence-corrected chi connectivity index (χ0v) is 17.9. The molecule has 1 aromatic heterocycles. The maximum absolute atomic E-state index is 4.21. The van der Waals surface area contributed by atoms with E-state index in [-0.39, 0.29) is 12.0 Å². The minimum atomic E-state index is 0.143. The minimum Gasteiger partial charge on any atom is -0.358 e. The highest BCUT2D eigenvalue weighted by molar-refractivity contribution is 5.87. The standard InChI is InChI=1S/C28H28N2/c1-5-21-17-30(27-19(3)15-18(2)16-20(27)4)28(22-11-7-6-8-12-22)26-25(21)23-13-9-10-14-24(23)29-26/h5-16,21,28-29H,1,17H2,2-4H3/t21-,28-/m0/s1. The number of rotatable bonds is 3. The van der Waals surface area contributed by atoms with Gasteiger partial charge in [0.05, 0.1) is 6.04 Å². The largest absolute Gasteiger partial charge is 0.358 e. The summed E-state index contributed by atoms with van der Waals surface area (Å²) in [5.41, 5.74) is 10.5. The van der Waals surface area contributed by atoms with Gasteiger partial charge in [-0.2, -0.15) is 0 Å². The summed E-state index contributed by atoms with van der Waals surface area (Å²) >= 11 is 0. The summed E-state index contributed by atoms with van der Waals surface area (Å²) in [4.78, 5) is 6.38. The molecule has 0 saturated heterocycles. The molecule has 0 fully saturated rings. The van der Waals surface area contributed by atoms with Crippen molar-refractivity contribution in [3.05, 3.63) is 113 Å². The van der Waals surface area contributed by atoms with Crippen LogP contribution in [0.4, 0.5) is 5.69 Å². The SMILES string of the molecule is C=C[C@H]1CN(c2c(C)cc(C)cc2C)[C@@H](c2ccccc2)c2[nH]c3ccccc3c21. The first-order valence-electron chi connectivity index (χ1n) is 10.7. The average Bonchev–Trinajstić information content (AvgIpc) is 3.12. The number of anilines is 1. The highest BCUT2D eigenvalue weighted by Gasteiger charge is 2.37. The van der Waals surface area contributed by atoms with E-state index in [0.29, 0.717) is 0 Å². The second-order valence-corrected chi connectivity index (χ2v) is 8.55. The van der Waals surface area contributed by atoms with Crippen LogP contribution in [0.25, 0.3) is 10.9 Å². The fourth-order valence-electron chi connectivity index (χ4n) is 5.38. The van der Waals surface area contributed by atoms with Gasteiger partial charge in [0.15, 0.2) is 0 Å². The Kier molecular flexibility index (Phi) is 4.51. The monoisotopic (exact) mass is 392 g/mol. The summed E-state index contributed by atoms with van der Waals surface area (Å²) in [7, 11) is 0. The van der Waals surface area contributed by atoms with Crippen molar-refractivity contribution in [1.29, 1.82) is 0 Å². The molecule has 0 bridgehead atoms. The van der Waals surface area contributed by atoms with Crippen LogP contribution >= 0.6 is 0 Å². The molecule has 0 spiro atoms. The summed E-state index contributed by atoms with van der Waals surface area (Å²) in [6.45, 7) is 11.8. The molecule has 4 aromatic rings. The van der Waals surface area contributed by atoms with Crippen LogP contribution in [0.15, 0.2) is 79.4 Å². The lowest BCUT2D eigenvalue weighted by Crippen LogP contribution is -2.39. The fourth-order valence-corrected chi connectivity index (χ4v) is 5.38. The van der Waals surface area contributed by atoms with Gasteiger partial charge in [0.25, 0.3) is 0 Å². The van der Waals surface area contributed by atoms with Crippen molar-refractivity contribution in [2.45, 2.75) is 32.7 Å². The van der Waals surface area contributed by atoms with Crippen LogP contribution in [0.5, 0.6) is 0 Å². The van der Waals surface area contributed by atoms with Gasteiger partial charge in [-0.1, -0.05) is 72.3 Å². The third kappa shape index (κ3) is 2.87. The fraction of sp³-hybridized carbons (Fsp3) is 0.214.